The molecule has 0 aliphatic heterocycles. The van der Waals surface area contributed by atoms with E-state index in [4.69, 9.17) is 0 Å². The van der Waals surface area contributed by atoms with Crippen LogP contribution in [0.4, 0.5) is 5.69 Å². The minimum atomic E-state index is -0.0857. The third-order valence-corrected chi connectivity index (χ3v) is 2.99. The highest BCUT2D eigenvalue weighted by Crippen LogP contribution is 2.15. The Bertz CT molecular complexity index is 548. The summed E-state index contributed by atoms with van der Waals surface area (Å²) in [5, 5.41) is 9.56. The van der Waals surface area contributed by atoms with Gasteiger partial charge in [0.1, 0.15) is 0 Å². The SMILES string of the molecule is CC(NC(=O)c1cccc(N(C)C)c1)c1cn[nH]c1. The molecular formula is C14H18N4O. The Hall–Kier alpha value is -2.30. The molecule has 1 aromatic carbocycles. The predicted molar refractivity (Wildman–Crippen MR) is 75.2 cm³/mol. The predicted octanol–water partition coefficient (Wildman–Crippen LogP) is 1.97. The number of carbonyl (C=O) groups excluding carboxylic acids is 1. The molecule has 1 amide bonds. The normalized spacial score (nSPS) is 11.9. The van der Waals surface area contributed by atoms with Crippen molar-refractivity contribution in [3.05, 3.63) is 47.8 Å². The van der Waals surface area contributed by atoms with E-state index in [-0.39, 0.29) is 11.9 Å². The van der Waals surface area contributed by atoms with E-state index in [1.54, 1.807) is 12.4 Å². The topological polar surface area (TPSA) is 61.0 Å². The van der Waals surface area contributed by atoms with E-state index in [0.29, 0.717) is 5.56 Å². The van der Waals surface area contributed by atoms with E-state index in [1.807, 2.05) is 50.2 Å². The number of nitrogens with one attached hydrogen (secondary N) is 2. The second kappa shape index (κ2) is 5.56. The first-order chi connectivity index (χ1) is 9.08. The molecule has 0 spiro atoms. The quantitative estimate of drug-likeness (QED) is 0.881. The maximum atomic E-state index is 12.2. The number of H-pyrrole nitrogens is 1. The van der Waals surface area contributed by atoms with Gasteiger partial charge in [0.05, 0.1) is 12.2 Å². The third-order valence-electron chi connectivity index (χ3n) is 2.99. The van der Waals surface area contributed by atoms with Crippen LogP contribution in [0, 0.1) is 0 Å². The fourth-order valence-electron chi connectivity index (χ4n) is 1.79. The molecule has 0 aliphatic carbocycles. The Morgan fingerprint density at radius 2 is 2.21 bits per heavy atom. The molecule has 5 nitrogen and oxygen atoms in total. The summed E-state index contributed by atoms with van der Waals surface area (Å²) in [6, 6.07) is 7.46. The van der Waals surface area contributed by atoms with E-state index in [1.165, 1.54) is 0 Å². The van der Waals surface area contributed by atoms with E-state index in [9.17, 15) is 4.79 Å². The highest BCUT2D eigenvalue weighted by atomic mass is 16.1. The molecule has 0 aliphatic rings. The van der Waals surface area contributed by atoms with Crippen LogP contribution in [0.5, 0.6) is 0 Å². The number of carbonyl (C=O) groups is 1. The van der Waals surface area contributed by atoms with Gasteiger partial charge in [-0.05, 0) is 25.1 Å². The molecule has 0 radical (unpaired) electrons. The summed E-state index contributed by atoms with van der Waals surface area (Å²) in [6.45, 7) is 1.93. The van der Waals surface area contributed by atoms with E-state index >= 15 is 0 Å². The van der Waals surface area contributed by atoms with Crippen LogP contribution in [0.15, 0.2) is 36.7 Å². The number of hydrogen-bond acceptors (Lipinski definition) is 3. The second-order valence-electron chi connectivity index (χ2n) is 4.67. The Morgan fingerprint density at radius 1 is 1.42 bits per heavy atom. The van der Waals surface area contributed by atoms with E-state index < -0.39 is 0 Å². The standard InChI is InChI=1S/C14H18N4O/c1-10(12-8-15-16-9-12)17-14(19)11-5-4-6-13(7-11)18(2)3/h4-10H,1-3H3,(H,15,16)(H,17,19). The second-order valence-corrected chi connectivity index (χ2v) is 4.67. The molecule has 0 saturated carbocycles. The van der Waals surface area contributed by atoms with Gasteiger partial charge in [-0.1, -0.05) is 6.07 Å². The molecule has 0 fully saturated rings. The lowest BCUT2D eigenvalue weighted by molar-refractivity contribution is 0.0940. The van der Waals surface area contributed by atoms with Crippen molar-refractivity contribution in [3.8, 4) is 0 Å². The Kier molecular flexibility index (Phi) is 3.85. The zero-order valence-electron chi connectivity index (χ0n) is 11.3. The van der Waals surface area contributed by atoms with Crippen LogP contribution in [0.1, 0.15) is 28.9 Å². The maximum absolute atomic E-state index is 12.2. The van der Waals surface area contributed by atoms with Crippen LogP contribution in [0.25, 0.3) is 0 Å². The summed E-state index contributed by atoms with van der Waals surface area (Å²) < 4.78 is 0. The summed E-state index contributed by atoms with van der Waals surface area (Å²) >= 11 is 0. The summed E-state index contributed by atoms with van der Waals surface area (Å²) in [5.41, 5.74) is 2.61. The summed E-state index contributed by atoms with van der Waals surface area (Å²) in [4.78, 5) is 14.1. The average Bonchev–Trinajstić information content (AvgIpc) is 2.92. The molecule has 5 heteroatoms. The highest BCUT2D eigenvalue weighted by molar-refractivity contribution is 5.95. The van der Waals surface area contributed by atoms with E-state index in [0.717, 1.165) is 11.3 Å². The molecule has 0 saturated heterocycles. The fourth-order valence-corrected chi connectivity index (χ4v) is 1.79. The lowest BCUT2D eigenvalue weighted by Gasteiger charge is -2.15. The van der Waals surface area contributed by atoms with Crippen molar-refractivity contribution in [1.29, 1.82) is 0 Å². The van der Waals surface area contributed by atoms with Gasteiger partial charge in [0.15, 0.2) is 0 Å². The third kappa shape index (κ3) is 3.13. The van der Waals surface area contributed by atoms with Gasteiger partial charge in [-0.3, -0.25) is 9.89 Å². The lowest BCUT2D eigenvalue weighted by Crippen LogP contribution is -2.26. The Labute approximate surface area is 112 Å². The first-order valence-corrected chi connectivity index (χ1v) is 6.15. The van der Waals surface area contributed by atoms with Gasteiger partial charge in [0, 0.05) is 37.1 Å². The molecule has 2 N–H and O–H groups in total. The molecular weight excluding hydrogens is 240 g/mol. The van der Waals surface area contributed by atoms with Crippen molar-refractivity contribution in [2.24, 2.45) is 0 Å². The number of rotatable bonds is 4. The number of amides is 1. The van der Waals surface area contributed by atoms with Crippen molar-refractivity contribution >= 4 is 11.6 Å². The van der Waals surface area contributed by atoms with Crippen LogP contribution in [0.2, 0.25) is 0 Å². The van der Waals surface area contributed by atoms with Crippen molar-refractivity contribution in [2.45, 2.75) is 13.0 Å². The molecule has 1 unspecified atom stereocenters. The van der Waals surface area contributed by atoms with Crippen LogP contribution in [0.3, 0.4) is 0 Å². The van der Waals surface area contributed by atoms with Gasteiger partial charge in [-0.2, -0.15) is 5.10 Å². The highest BCUT2D eigenvalue weighted by Gasteiger charge is 2.12. The number of aromatic amines is 1. The number of aromatic nitrogens is 2. The minimum Gasteiger partial charge on any atom is -0.378 e. The van der Waals surface area contributed by atoms with Gasteiger partial charge in [0.25, 0.3) is 5.91 Å². The van der Waals surface area contributed by atoms with Crippen molar-refractivity contribution in [1.82, 2.24) is 15.5 Å². The zero-order valence-corrected chi connectivity index (χ0v) is 11.3. The molecule has 2 rings (SSSR count). The number of hydrogen-bond donors (Lipinski definition) is 2. The first-order valence-electron chi connectivity index (χ1n) is 6.15. The number of benzene rings is 1. The molecule has 19 heavy (non-hydrogen) atoms. The fraction of sp³-hybridized carbons (Fsp3) is 0.286. The summed E-state index contributed by atoms with van der Waals surface area (Å²) in [6.07, 6.45) is 3.49. The van der Waals surface area contributed by atoms with Gasteiger partial charge < -0.3 is 10.2 Å². The molecule has 100 valence electrons. The van der Waals surface area contributed by atoms with Crippen molar-refractivity contribution < 1.29 is 4.79 Å². The zero-order chi connectivity index (χ0) is 13.8. The van der Waals surface area contributed by atoms with Gasteiger partial charge in [0.2, 0.25) is 0 Å². The van der Waals surface area contributed by atoms with Crippen molar-refractivity contribution in [2.75, 3.05) is 19.0 Å². The largest absolute Gasteiger partial charge is 0.378 e. The molecule has 0 bridgehead atoms. The van der Waals surface area contributed by atoms with Gasteiger partial charge >= 0.3 is 0 Å². The first kappa shape index (κ1) is 13.1. The van der Waals surface area contributed by atoms with E-state index in [2.05, 4.69) is 15.5 Å². The van der Waals surface area contributed by atoms with Crippen LogP contribution < -0.4 is 10.2 Å². The maximum Gasteiger partial charge on any atom is 0.251 e. The van der Waals surface area contributed by atoms with Gasteiger partial charge in [-0.25, -0.2) is 0 Å². The Morgan fingerprint density at radius 3 is 2.84 bits per heavy atom. The minimum absolute atomic E-state index is 0.0748. The lowest BCUT2D eigenvalue weighted by atomic mass is 10.1. The molecule has 1 heterocycles. The van der Waals surface area contributed by atoms with Crippen molar-refractivity contribution in [3.63, 3.8) is 0 Å². The molecule has 2 aromatic rings. The Balaban J connectivity index is 2.10. The number of anilines is 1. The smallest absolute Gasteiger partial charge is 0.251 e. The van der Waals surface area contributed by atoms with Gasteiger partial charge in [-0.15, -0.1) is 0 Å². The average molecular weight is 258 g/mol. The summed E-state index contributed by atoms with van der Waals surface area (Å²) in [5.74, 6) is -0.0857. The number of nitrogens with zero attached hydrogens (tertiary/aromatic N) is 2. The monoisotopic (exact) mass is 258 g/mol. The molecule has 1 atom stereocenters. The summed E-state index contributed by atoms with van der Waals surface area (Å²) in [7, 11) is 3.90. The van der Waals surface area contributed by atoms with Crippen LogP contribution in [-0.2, 0) is 0 Å². The van der Waals surface area contributed by atoms with Crippen LogP contribution in [-0.4, -0.2) is 30.2 Å². The van der Waals surface area contributed by atoms with Crippen LogP contribution >= 0.6 is 0 Å². The molecule has 1 aromatic heterocycles.